The fraction of sp³-hybridized carbons (Fsp3) is 0.350. The third-order valence-electron chi connectivity index (χ3n) is 4.42. The maximum atomic E-state index is 12.5. The third kappa shape index (κ3) is 4.25. The first kappa shape index (κ1) is 18.5. The molecule has 1 amide bonds. The molecule has 1 atom stereocenters. The predicted molar refractivity (Wildman–Crippen MR) is 102 cm³/mol. The Bertz CT molecular complexity index is 769. The smallest absolute Gasteiger partial charge is 0.255 e. The highest BCUT2D eigenvalue weighted by Crippen LogP contribution is 2.25. The van der Waals surface area contributed by atoms with Crippen molar-refractivity contribution in [1.29, 1.82) is 0 Å². The van der Waals surface area contributed by atoms with Gasteiger partial charge in [-0.25, -0.2) is 4.98 Å². The summed E-state index contributed by atoms with van der Waals surface area (Å²) >= 11 is 1.39. The van der Waals surface area contributed by atoms with Crippen LogP contribution in [0.1, 0.15) is 40.5 Å². The maximum absolute atomic E-state index is 12.5. The largest absolute Gasteiger partial charge is 0.497 e. The Morgan fingerprint density at radius 1 is 1.08 bits per heavy atom. The number of nitrogens with zero attached hydrogens (tertiary/aromatic N) is 2. The highest BCUT2D eigenvalue weighted by atomic mass is 32.2. The second-order valence-corrected chi connectivity index (χ2v) is 7.60. The molecule has 1 aliphatic rings. The first-order valence-corrected chi connectivity index (χ1v) is 9.56. The Kier molecular flexibility index (Phi) is 5.93. The van der Waals surface area contributed by atoms with E-state index < -0.39 is 0 Å². The van der Waals surface area contributed by atoms with Crippen LogP contribution in [0.25, 0.3) is 0 Å². The Balaban J connectivity index is 1.62. The van der Waals surface area contributed by atoms with Gasteiger partial charge in [-0.15, -0.1) is 0 Å². The lowest BCUT2D eigenvalue weighted by molar-refractivity contribution is 0.0792. The number of Topliss-reactive ketones (excluding diaryl/α,β-unsaturated/α-hetero) is 1. The quantitative estimate of drug-likeness (QED) is 0.573. The van der Waals surface area contributed by atoms with E-state index in [4.69, 9.17) is 4.74 Å². The van der Waals surface area contributed by atoms with E-state index in [9.17, 15) is 9.59 Å². The standard InChI is InChI=1S/C20H22N2O3S/c1-14(19(23)15-5-8-17(25-2)9-6-15)26-18-10-7-16(13-21-18)20(24)22-11-3-4-12-22/h5-10,13-14H,3-4,11-12H2,1-2H3/t14-/m1/s1. The molecule has 2 heterocycles. The molecule has 1 aliphatic heterocycles. The van der Waals surface area contributed by atoms with Crippen molar-refractivity contribution in [2.75, 3.05) is 20.2 Å². The van der Waals surface area contributed by atoms with Crippen LogP contribution in [-0.2, 0) is 0 Å². The van der Waals surface area contributed by atoms with Crippen molar-refractivity contribution < 1.29 is 14.3 Å². The minimum Gasteiger partial charge on any atom is -0.497 e. The summed E-state index contributed by atoms with van der Waals surface area (Å²) in [5.41, 5.74) is 1.25. The molecule has 6 heteroatoms. The van der Waals surface area contributed by atoms with Gasteiger partial charge in [0.1, 0.15) is 5.75 Å². The van der Waals surface area contributed by atoms with Gasteiger partial charge in [-0.3, -0.25) is 9.59 Å². The number of amides is 1. The first-order valence-electron chi connectivity index (χ1n) is 8.69. The van der Waals surface area contributed by atoms with Gasteiger partial charge >= 0.3 is 0 Å². The van der Waals surface area contributed by atoms with Crippen LogP contribution in [0.15, 0.2) is 47.6 Å². The highest BCUT2D eigenvalue weighted by Gasteiger charge is 2.21. The number of thioether (sulfide) groups is 1. The van der Waals surface area contributed by atoms with E-state index >= 15 is 0 Å². The van der Waals surface area contributed by atoms with Crippen LogP contribution in [0.4, 0.5) is 0 Å². The summed E-state index contributed by atoms with van der Waals surface area (Å²) in [6.45, 7) is 3.51. The predicted octanol–water partition coefficient (Wildman–Crippen LogP) is 3.69. The molecular formula is C20H22N2O3S. The third-order valence-corrected chi connectivity index (χ3v) is 5.47. The fourth-order valence-corrected chi connectivity index (χ4v) is 3.77. The average Bonchev–Trinajstić information content (AvgIpc) is 3.22. The second kappa shape index (κ2) is 8.36. The van der Waals surface area contributed by atoms with Crippen molar-refractivity contribution in [3.63, 3.8) is 0 Å². The summed E-state index contributed by atoms with van der Waals surface area (Å²) in [5, 5.41) is 0.466. The SMILES string of the molecule is COc1ccc(C(=O)[C@@H](C)Sc2ccc(C(=O)N3CCCC3)cn2)cc1. The molecule has 0 radical (unpaired) electrons. The number of methoxy groups -OCH3 is 1. The molecule has 1 fully saturated rings. The molecule has 1 aromatic heterocycles. The molecule has 26 heavy (non-hydrogen) atoms. The number of carbonyl (C=O) groups excluding carboxylic acids is 2. The van der Waals surface area contributed by atoms with E-state index in [1.807, 2.05) is 17.9 Å². The monoisotopic (exact) mass is 370 g/mol. The van der Waals surface area contributed by atoms with Crippen LogP contribution in [0, 0.1) is 0 Å². The van der Waals surface area contributed by atoms with Crippen LogP contribution in [0.5, 0.6) is 5.75 Å². The summed E-state index contributed by atoms with van der Waals surface area (Å²) in [4.78, 5) is 31.1. The number of benzene rings is 1. The molecule has 3 rings (SSSR count). The van der Waals surface area contributed by atoms with Gasteiger partial charge in [-0.05, 0) is 56.2 Å². The summed E-state index contributed by atoms with van der Waals surface area (Å²) in [6, 6.07) is 10.7. The molecule has 0 spiro atoms. The van der Waals surface area contributed by atoms with Crippen molar-refractivity contribution in [2.24, 2.45) is 0 Å². The summed E-state index contributed by atoms with van der Waals surface area (Å²) in [5.74, 6) is 0.798. The van der Waals surface area contributed by atoms with Crippen molar-refractivity contribution in [2.45, 2.75) is 30.0 Å². The molecular weight excluding hydrogens is 348 g/mol. The van der Waals surface area contributed by atoms with Gasteiger partial charge in [-0.1, -0.05) is 11.8 Å². The van der Waals surface area contributed by atoms with Crippen molar-refractivity contribution in [1.82, 2.24) is 9.88 Å². The van der Waals surface area contributed by atoms with Gasteiger partial charge < -0.3 is 9.64 Å². The van der Waals surface area contributed by atoms with E-state index in [2.05, 4.69) is 4.98 Å². The minimum atomic E-state index is -0.268. The Morgan fingerprint density at radius 2 is 1.73 bits per heavy atom. The van der Waals surface area contributed by atoms with Crippen molar-refractivity contribution >= 4 is 23.5 Å². The average molecular weight is 370 g/mol. The van der Waals surface area contributed by atoms with Gasteiger partial charge in [0.15, 0.2) is 5.78 Å². The molecule has 0 N–H and O–H groups in total. The molecule has 1 aromatic carbocycles. The molecule has 0 aliphatic carbocycles. The van der Waals surface area contributed by atoms with Gasteiger partial charge in [0, 0.05) is 24.8 Å². The van der Waals surface area contributed by atoms with Crippen LogP contribution in [0.2, 0.25) is 0 Å². The lowest BCUT2D eigenvalue weighted by Crippen LogP contribution is -2.27. The molecule has 5 nitrogen and oxygen atoms in total. The van der Waals surface area contributed by atoms with E-state index in [0.29, 0.717) is 11.1 Å². The number of hydrogen-bond donors (Lipinski definition) is 0. The lowest BCUT2D eigenvalue weighted by atomic mass is 10.1. The molecule has 0 saturated carbocycles. The van der Waals surface area contributed by atoms with Crippen molar-refractivity contribution in [3.8, 4) is 5.75 Å². The number of ether oxygens (including phenoxy) is 1. The summed E-state index contributed by atoms with van der Waals surface area (Å²) < 4.78 is 5.11. The van der Waals surface area contributed by atoms with E-state index in [0.717, 1.165) is 36.7 Å². The maximum Gasteiger partial charge on any atom is 0.255 e. The van der Waals surface area contributed by atoms with Gasteiger partial charge in [-0.2, -0.15) is 0 Å². The number of pyridine rings is 1. The van der Waals surface area contributed by atoms with Gasteiger partial charge in [0.2, 0.25) is 0 Å². The zero-order valence-electron chi connectivity index (χ0n) is 15.0. The number of likely N-dealkylation sites (tertiary alicyclic amines) is 1. The zero-order chi connectivity index (χ0) is 18.5. The fourth-order valence-electron chi connectivity index (χ4n) is 2.90. The Labute approximate surface area is 157 Å². The zero-order valence-corrected chi connectivity index (χ0v) is 15.8. The highest BCUT2D eigenvalue weighted by molar-refractivity contribution is 8.00. The topological polar surface area (TPSA) is 59.5 Å². The van der Waals surface area contributed by atoms with E-state index in [-0.39, 0.29) is 16.9 Å². The second-order valence-electron chi connectivity index (χ2n) is 6.24. The van der Waals surface area contributed by atoms with E-state index in [1.54, 1.807) is 43.6 Å². The van der Waals surface area contributed by atoms with Crippen LogP contribution in [-0.4, -0.2) is 47.0 Å². The van der Waals surface area contributed by atoms with Gasteiger partial charge in [0.25, 0.3) is 5.91 Å². The first-order chi connectivity index (χ1) is 12.6. The van der Waals surface area contributed by atoms with Crippen LogP contribution < -0.4 is 4.74 Å². The number of hydrogen-bond acceptors (Lipinski definition) is 5. The summed E-state index contributed by atoms with van der Waals surface area (Å²) in [7, 11) is 1.60. The normalized spacial score (nSPS) is 14.9. The van der Waals surface area contributed by atoms with Crippen LogP contribution in [0.3, 0.4) is 0 Å². The number of carbonyl (C=O) groups is 2. The molecule has 0 unspecified atom stereocenters. The number of rotatable bonds is 6. The molecule has 136 valence electrons. The molecule has 2 aromatic rings. The molecule has 0 bridgehead atoms. The lowest BCUT2D eigenvalue weighted by Gasteiger charge is -2.15. The number of ketones is 1. The summed E-state index contributed by atoms with van der Waals surface area (Å²) in [6.07, 6.45) is 3.74. The Hall–Kier alpha value is -2.34. The van der Waals surface area contributed by atoms with E-state index in [1.165, 1.54) is 11.8 Å². The number of aromatic nitrogens is 1. The van der Waals surface area contributed by atoms with Gasteiger partial charge in [0.05, 0.1) is 22.9 Å². The van der Waals surface area contributed by atoms with Crippen molar-refractivity contribution in [3.05, 3.63) is 53.7 Å². The Morgan fingerprint density at radius 3 is 2.31 bits per heavy atom. The van der Waals surface area contributed by atoms with Crippen LogP contribution >= 0.6 is 11.8 Å². The molecule has 1 saturated heterocycles. The minimum absolute atomic E-state index is 0.0360.